The van der Waals surface area contributed by atoms with Crippen molar-refractivity contribution in [1.29, 1.82) is 0 Å². The highest BCUT2D eigenvalue weighted by Crippen LogP contribution is 2.23. The van der Waals surface area contributed by atoms with E-state index in [0.29, 0.717) is 6.04 Å². The summed E-state index contributed by atoms with van der Waals surface area (Å²) in [5, 5.41) is 5.41. The van der Waals surface area contributed by atoms with Gasteiger partial charge < -0.3 is 5.32 Å². The summed E-state index contributed by atoms with van der Waals surface area (Å²) in [6.07, 6.45) is 6.55. The molecule has 1 aliphatic rings. The summed E-state index contributed by atoms with van der Waals surface area (Å²) >= 11 is 6.00. The average Bonchev–Trinajstić information content (AvgIpc) is 2.39. The highest BCUT2D eigenvalue weighted by Gasteiger charge is 2.13. The van der Waals surface area contributed by atoms with Crippen molar-refractivity contribution in [1.82, 2.24) is 4.98 Å². The van der Waals surface area contributed by atoms with Crippen LogP contribution < -0.4 is 5.32 Å². The lowest BCUT2D eigenvalue weighted by molar-refractivity contribution is 0.462. The van der Waals surface area contributed by atoms with Gasteiger partial charge in [0.05, 0.1) is 5.52 Å². The minimum absolute atomic E-state index is 0.586. The van der Waals surface area contributed by atoms with Gasteiger partial charge in [0.2, 0.25) is 0 Å². The minimum atomic E-state index is 0.586. The molecule has 1 fully saturated rings. The predicted octanol–water partition coefficient (Wildman–Crippen LogP) is 4.63. The summed E-state index contributed by atoms with van der Waals surface area (Å²) < 4.78 is 0. The van der Waals surface area contributed by atoms with E-state index >= 15 is 0 Å². The predicted molar refractivity (Wildman–Crippen MR) is 77.2 cm³/mol. The van der Waals surface area contributed by atoms with Crippen LogP contribution in [0.5, 0.6) is 0 Å². The average molecular weight is 261 g/mol. The molecule has 0 atom stereocenters. The van der Waals surface area contributed by atoms with E-state index in [1.54, 1.807) is 0 Å². The Hall–Kier alpha value is -1.28. The quantitative estimate of drug-likeness (QED) is 0.851. The maximum Gasteiger partial charge on any atom is 0.126 e. The number of fused-ring (bicyclic) bond motifs is 1. The molecule has 1 heterocycles. The Labute approximate surface area is 112 Å². The highest BCUT2D eigenvalue weighted by atomic mass is 35.5. The number of nitrogens with zero attached hydrogens (tertiary/aromatic N) is 1. The van der Waals surface area contributed by atoms with Crippen molar-refractivity contribution >= 4 is 28.3 Å². The Bertz CT molecular complexity index is 547. The topological polar surface area (TPSA) is 24.9 Å². The highest BCUT2D eigenvalue weighted by molar-refractivity contribution is 6.31. The van der Waals surface area contributed by atoms with Crippen LogP contribution in [0.4, 0.5) is 5.82 Å². The van der Waals surface area contributed by atoms with Crippen LogP contribution >= 0.6 is 11.6 Å². The van der Waals surface area contributed by atoms with Crippen LogP contribution in [0.3, 0.4) is 0 Å². The number of benzene rings is 1. The SMILES string of the molecule is Clc1ccc2ccc(NC3CCCCC3)nc2c1. The fourth-order valence-electron chi connectivity index (χ4n) is 2.63. The second kappa shape index (κ2) is 5.15. The monoisotopic (exact) mass is 260 g/mol. The molecule has 0 saturated heterocycles. The number of nitrogens with one attached hydrogen (secondary N) is 1. The van der Waals surface area contributed by atoms with Crippen molar-refractivity contribution in [3.05, 3.63) is 35.4 Å². The summed E-state index contributed by atoms with van der Waals surface area (Å²) in [5.74, 6) is 0.969. The molecule has 0 amide bonds. The Morgan fingerprint density at radius 2 is 1.83 bits per heavy atom. The maximum atomic E-state index is 6.00. The number of pyridine rings is 1. The molecule has 1 saturated carbocycles. The lowest BCUT2D eigenvalue weighted by Crippen LogP contribution is -2.22. The molecule has 0 aliphatic heterocycles. The van der Waals surface area contributed by atoms with Crippen molar-refractivity contribution in [2.24, 2.45) is 0 Å². The Morgan fingerprint density at radius 3 is 2.67 bits per heavy atom. The van der Waals surface area contributed by atoms with E-state index in [1.807, 2.05) is 18.2 Å². The molecule has 94 valence electrons. The van der Waals surface area contributed by atoms with Gasteiger partial charge in [-0.3, -0.25) is 0 Å². The number of aromatic nitrogens is 1. The van der Waals surface area contributed by atoms with E-state index in [2.05, 4.69) is 22.4 Å². The minimum Gasteiger partial charge on any atom is -0.367 e. The van der Waals surface area contributed by atoms with E-state index < -0.39 is 0 Å². The zero-order valence-corrected chi connectivity index (χ0v) is 11.1. The van der Waals surface area contributed by atoms with Crippen LogP contribution in [0.15, 0.2) is 30.3 Å². The van der Waals surface area contributed by atoms with E-state index in [-0.39, 0.29) is 0 Å². The van der Waals surface area contributed by atoms with Gasteiger partial charge in [-0.05, 0) is 37.1 Å². The summed E-state index contributed by atoms with van der Waals surface area (Å²) in [6.45, 7) is 0. The molecule has 1 aliphatic carbocycles. The molecular formula is C15H17ClN2. The Morgan fingerprint density at radius 1 is 1.06 bits per heavy atom. The molecule has 0 unspecified atom stereocenters. The standard InChI is InChI=1S/C15H17ClN2/c16-12-8-6-11-7-9-15(18-14(11)10-12)17-13-4-2-1-3-5-13/h6-10,13H,1-5H2,(H,17,18). The van der Waals surface area contributed by atoms with E-state index in [4.69, 9.17) is 11.6 Å². The van der Waals surface area contributed by atoms with Gasteiger partial charge in [0.25, 0.3) is 0 Å². The van der Waals surface area contributed by atoms with Crippen molar-refractivity contribution in [2.75, 3.05) is 5.32 Å². The molecule has 1 N–H and O–H groups in total. The fraction of sp³-hybridized carbons (Fsp3) is 0.400. The first-order chi connectivity index (χ1) is 8.81. The molecular weight excluding hydrogens is 244 g/mol. The summed E-state index contributed by atoms with van der Waals surface area (Å²) in [6, 6.07) is 10.6. The van der Waals surface area contributed by atoms with Crippen LogP contribution in [0.2, 0.25) is 5.02 Å². The smallest absolute Gasteiger partial charge is 0.126 e. The van der Waals surface area contributed by atoms with Gasteiger partial charge in [0, 0.05) is 16.5 Å². The second-order valence-corrected chi connectivity index (χ2v) is 5.45. The van der Waals surface area contributed by atoms with E-state index in [0.717, 1.165) is 21.7 Å². The lowest BCUT2D eigenvalue weighted by Gasteiger charge is -2.23. The number of halogens is 1. The fourth-order valence-corrected chi connectivity index (χ4v) is 2.79. The zero-order valence-electron chi connectivity index (χ0n) is 10.3. The normalized spacial score (nSPS) is 16.9. The molecule has 2 nitrogen and oxygen atoms in total. The number of hydrogen-bond acceptors (Lipinski definition) is 2. The molecule has 0 bridgehead atoms. The van der Waals surface area contributed by atoms with Crippen LogP contribution in [0.25, 0.3) is 10.9 Å². The van der Waals surface area contributed by atoms with Crippen molar-refractivity contribution < 1.29 is 0 Å². The summed E-state index contributed by atoms with van der Waals surface area (Å²) in [4.78, 5) is 4.63. The number of rotatable bonds is 2. The number of hydrogen-bond donors (Lipinski definition) is 1. The molecule has 3 rings (SSSR count). The first kappa shape index (κ1) is 11.8. The molecule has 0 spiro atoms. The van der Waals surface area contributed by atoms with E-state index in [1.165, 1.54) is 32.1 Å². The molecule has 2 aromatic rings. The van der Waals surface area contributed by atoms with Gasteiger partial charge in [-0.1, -0.05) is 36.9 Å². The van der Waals surface area contributed by atoms with Gasteiger partial charge >= 0.3 is 0 Å². The Balaban J connectivity index is 1.83. The van der Waals surface area contributed by atoms with Crippen LogP contribution in [-0.2, 0) is 0 Å². The third-order valence-electron chi connectivity index (χ3n) is 3.61. The molecule has 18 heavy (non-hydrogen) atoms. The van der Waals surface area contributed by atoms with Crippen LogP contribution in [0, 0.1) is 0 Å². The van der Waals surface area contributed by atoms with E-state index in [9.17, 15) is 0 Å². The Kier molecular flexibility index (Phi) is 3.37. The molecule has 0 radical (unpaired) electrons. The van der Waals surface area contributed by atoms with Gasteiger partial charge in [-0.15, -0.1) is 0 Å². The first-order valence-electron chi connectivity index (χ1n) is 6.64. The third-order valence-corrected chi connectivity index (χ3v) is 3.85. The number of anilines is 1. The molecule has 1 aromatic carbocycles. The second-order valence-electron chi connectivity index (χ2n) is 5.01. The van der Waals surface area contributed by atoms with Gasteiger partial charge in [-0.25, -0.2) is 4.98 Å². The van der Waals surface area contributed by atoms with Crippen molar-refractivity contribution in [3.8, 4) is 0 Å². The van der Waals surface area contributed by atoms with Crippen molar-refractivity contribution in [2.45, 2.75) is 38.1 Å². The van der Waals surface area contributed by atoms with Crippen LogP contribution in [0.1, 0.15) is 32.1 Å². The molecule has 3 heteroatoms. The zero-order chi connectivity index (χ0) is 12.4. The third kappa shape index (κ3) is 2.59. The van der Waals surface area contributed by atoms with Crippen LogP contribution in [-0.4, -0.2) is 11.0 Å². The first-order valence-corrected chi connectivity index (χ1v) is 7.02. The summed E-state index contributed by atoms with van der Waals surface area (Å²) in [5.41, 5.74) is 0.961. The summed E-state index contributed by atoms with van der Waals surface area (Å²) in [7, 11) is 0. The van der Waals surface area contributed by atoms with Crippen molar-refractivity contribution in [3.63, 3.8) is 0 Å². The largest absolute Gasteiger partial charge is 0.367 e. The van der Waals surface area contributed by atoms with Gasteiger partial charge in [-0.2, -0.15) is 0 Å². The maximum absolute atomic E-state index is 6.00. The van der Waals surface area contributed by atoms with Gasteiger partial charge in [0.1, 0.15) is 5.82 Å². The molecule has 1 aromatic heterocycles. The lowest BCUT2D eigenvalue weighted by atomic mass is 9.95. The van der Waals surface area contributed by atoms with Gasteiger partial charge in [0.15, 0.2) is 0 Å².